The predicted octanol–water partition coefficient (Wildman–Crippen LogP) is 0.905. The Labute approximate surface area is 73.5 Å². The van der Waals surface area contributed by atoms with Gasteiger partial charge in [-0.25, -0.2) is 8.78 Å². The number of ether oxygens (including phenoxy) is 1. The van der Waals surface area contributed by atoms with E-state index in [0.29, 0.717) is 0 Å². The zero-order chi connectivity index (χ0) is 10.4. The number of carbonyl (C=O) groups excluding carboxylic acids is 1. The molecule has 0 saturated heterocycles. The highest BCUT2D eigenvalue weighted by atomic mass is 19.3. The van der Waals surface area contributed by atoms with Crippen LogP contribution in [0.1, 0.15) is 12.8 Å². The second-order valence-electron chi connectivity index (χ2n) is 2.47. The number of hydrogen-bond acceptors (Lipinski definition) is 3. The van der Waals surface area contributed by atoms with Crippen molar-refractivity contribution in [1.82, 2.24) is 0 Å². The molecule has 0 radical (unpaired) electrons. The molecule has 0 spiro atoms. The lowest BCUT2D eigenvalue weighted by Gasteiger charge is -2.11. The van der Waals surface area contributed by atoms with Crippen LogP contribution >= 0.6 is 0 Å². The van der Waals surface area contributed by atoms with Crippen LogP contribution in [0.25, 0.3) is 0 Å². The van der Waals surface area contributed by atoms with Gasteiger partial charge in [-0.2, -0.15) is 0 Å². The van der Waals surface area contributed by atoms with Crippen molar-refractivity contribution >= 4 is 11.9 Å². The van der Waals surface area contributed by atoms with Crippen LogP contribution in [-0.4, -0.2) is 30.6 Å². The monoisotopic (exact) mass is 196 g/mol. The van der Waals surface area contributed by atoms with Crippen LogP contribution in [0.3, 0.4) is 0 Å². The van der Waals surface area contributed by atoms with E-state index >= 15 is 0 Å². The van der Waals surface area contributed by atoms with Crippen molar-refractivity contribution in [3.63, 3.8) is 0 Å². The molecule has 0 aliphatic rings. The Balaban J connectivity index is 4.09. The highest BCUT2D eigenvalue weighted by molar-refractivity contribution is 5.72. The Bertz CT molecular complexity index is 193. The Hall–Kier alpha value is -1.20. The number of rotatable bonds is 5. The van der Waals surface area contributed by atoms with E-state index in [1.165, 1.54) is 0 Å². The van der Waals surface area contributed by atoms with E-state index in [2.05, 4.69) is 4.74 Å². The minimum Gasteiger partial charge on any atom is -0.481 e. The molecule has 13 heavy (non-hydrogen) atoms. The number of carboxylic acid groups (broad SMARTS) is 1. The van der Waals surface area contributed by atoms with Gasteiger partial charge in [-0.15, -0.1) is 0 Å². The summed E-state index contributed by atoms with van der Waals surface area (Å²) >= 11 is 0. The van der Waals surface area contributed by atoms with Crippen molar-refractivity contribution in [2.45, 2.75) is 19.3 Å². The van der Waals surface area contributed by atoms with Gasteiger partial charge in [0.2, 0.25) is 6.43 Å². The molecule has 0 rings (SSSR count). The van der Waals surface area contributed by atoms with Gasteiger partial charge >= 0.3 is 11.9 Å². The topological polar surface area (TPSA) is 63.6 Å². The number of alkyl halides is 2. The van der Waals surface area contributed by atoms with E-state index in [1.807, 2.05) is 0 Å². The van der Waals surface area contributed by atoms with Crippen LogP contribution in [0.2, 0.25) is 0 Å². The standard InChI is InChI=1S/C7H10F2O4/c1-13-6(12)3-4(7(8)9)2-5(10)11/h4,7H,2-3H2,1H3,(H,10,11)/t4-/m1/s1. The van der Waals surface area contributed by atoms with Crippen molar-refractivity contribution < 1.29 is 28.2 Å². The van der Waals surface area contributed by atoms with E-state index in [9.17, 15) is 18.4 Å². The average molecular weight is 196 g/mol. The fourth-order valence-corrected chi connectivity index (χ4v) is 0.772. The molecule has 0 fully saturated rings. The van der Waals surface area contributed by atoms with Crippen LogP contribution in [0.4, 0.5) is 8.78 Å². The van der Waals surface area contributed by atoms with Gasteiger partial charge in [0, 0.05) is 5.92 Å². The number of halogens is 2. The molecule has 1 atom stereocenters. The molecule has 0 bridgehead atoms. The molecule has 0 aromatic rings. The first-order chi connectivity index (χ1) is 5.97. The first-order valence-electron chi connectivity index (χ1n) is 3.54. The van der Waals surface area contributed by atoms with E-state index in [1.54, 1.807) is 0 Å². The smallest absolute Gasteiger partial charge is 0.306 e. The molecule has 0 unspecified atom stereocenters. The van der Waals surface area contributed by atoms with Crippen molar-refractivity contribution in [3.8, 4) is 0 Å². The lowest BCUT2D eigenvalue weighted by atomic mass is 10.0. The van der Waals surface area contributed by atoms with Crippen LogP contribution in [0.15, 0.2) is 0 Å². The maximum absolute atomic E-state index is 12.1. The predicted molar refractivity (Wildman–Crippen MR) is 38.4 cm³/mol. The lowest BCUT2D eigenvalue weighted by molar-refractivity contribution is -0.145. The lowest BCUT2D eigenvalue weighted by Crippen LogP contribution is -2.20. The quantitative estimate of drug-likeness (QED) is 0.663. The summed E-state index contributed by atoms with van der Waals surface area (Å²) < 4.78 is 28.3. The molecule has 0 saturated carbocycles. The summed E-state index contributed by atoms with van der Waals surface area (Å²) in [5.74, 6) is -3.65. The molecule has 0 amide bonds. The van der Waals surface area contributed by atoms with E-state index in [0.717, 1.165) is 7.11 Å². The highest BCUT2D eigenvalue weighted by Crippen LogP contribution is 2.18. The normalized spacial score (nSPS) is 12.6. The molecule has 0 aromatic heterocycles. The van der Waals surface area contributed by atoms with Gasteiger partial charge in [-0.05, 0) is 0 Å². The SMILES string of the molecule is COC(=O)C[C@@H](CC(=O)O)C(F)F. The summed E-state index contributed by atoms with van der Waals surface area (Å²) in [6, 6.07) is 0. The molecule has 0 heterocycles. The Morgan fingerprint density at radius 3 is 2.23 bits per heavy atom. The zero-order valence-electron chi connectivity index (χ0n) is 7.00. The highest BCUT2D eigenvalue weighted by Gasteiger charge is 2.26. The molecule has 1 N–H and O–H groups in total. The number of carboxylic acids is 1. The summed E-state index contributed by atoms with van der Waals surface area (Å²) in [6.45, 7) is 0. The van der Waals surface area contributed by atoms with E-state index in [-0.39, 0.29) is 0 Å². The van der Waals surface area contributed by atoms with E-state index < -0.39 is 37.1 Å². The van der Waals surface area contributed by atoms with Gasteiger partial charge in [0.05, 0.1) is 20.0 Å². The third kappa shape index (κ3) is 5.10. The van der Waals surface area contributed by atoms with Crippen LogP contribution in [0, 0.1) is 5.92 Å². The molecular formula is C7H10F2O4. The first-order valence-corrected chi connectivity index (χ1v) is 3.54. The number of esters is 1. The molecule has 0 aliphatic carbocycles. The maximum atomic E-state index is 12.1. The third-order valence-electron chi connectivity index (χ3n) is 1.45. The van der Waals surface area contributed by atoms with Gasteiger partial charge < -0.3 is 9.84 Å². The molecule has 0 aromatic carbocycles. The summed E-state index contributed by atoms with van der Waals surface area (Å²) in [5, 5.41) is 8.23. The third-order valence-corrected chi connectivity index (χ3v) is 1.45. The average Bonchev–Trinajstić information content (AvgIpc) is 2.02. The zero-order valence-corrected chi connectivity index (χ0v) is 7.00. The Kier molecular flexibility index (Phi) is 4.94. The minimum atomic E-state index is -2.82. The minimum absolute atomic E-state index is 0.569. The number of methoxy groups -OCH3 is 1. The Morgan fingerprint density at radius 2 is 1.92 bits per heavy atom. The van der Waals surface area contributed by atoms with Gasteiger partial charge in [-0.1, -0.05) is 0 Å². The van der Waals surface area contributed by atoms with Gasteiger partial charge in [0.1, 0.15) is 0 Å². The van der Waals surface area contributed by atoms with Gasteiger partial charge in [0.15, 0.2) is 0 Å². The molecular weight excluding hydrogens is 186 g/mol. The maximum Gasteiger partial charge on any atom is 0.306 e. The fraction of sp³-hybridized carbons (Fsp3) is 0.714. The molecule has 4 nitrogen and oxygen atoms in total. The molecule has 76 valence electrons. The van der Waals surface area contributed by atoms with Gasteiger partial charge in [-0.3, -0.25) is 9.59 Å². The van der Waals surface area contributed by atoms with Gasteiger partial charge in [0.25, 0.3) is 0 Å². The van der Waals surface area contributed by atoms with Crippen molar-refractivity contribution in [2.75, 3.05) is 7.11 Å². The summed E-state index contributed by atoms with van der Waals surface area (Å²) in [6.07, 6.45) is -4.12. The molecule has 0 aliphatic heterocycles. The summed E-state index contributed by atoms with van der Waals surface area (Å²) in [4.78, 5) is 20.7. The second-order valence-corrected chi connectivity index (χ2v) is 2.47. The van der Waals surface area contributed by atoms with Crippen molar-refractivity contribution in [2.24, 2.45) is 5.92 Å². The van der Waals surface area contributed by atoms with Crippen LogP contribution in [0.5, 0.6) is 0 Å². The summed E-state index contributed by atoms with van der Waals surface area (Å²) in [7, 11) is 1.06. The second kappa shape index (κ2) is 5.45. The van der Waals surface area contributed by atoms with Crippen molar-refractivity contribution in [1.29, 1.82) is 0 Å². The summed E-state index contributed by atoms with van der Waals surface area (Å²) in [5.41, 5.74) is 0. The molecule has 6 heteroatoms. The number of hydrogen-bond donors (Lipinski definition) is 1. The van der Waals surface area contributed by atoms with Crippen LogP contribution < -0.4 is 0 Å². The fourth-order valence-electron chi connectivity index (χ4n) is 0.772. The number of carbonyl (C=O) groups is 2. The van der Waals surface area contributed by atoms with Crippen LogP contribution in [-0.2, 0) is 14.3 Å². The number of aliphatic carboxylic acids is 1. The van der Waals surface area contributed by atoms with E-state index in [4.69, 9.17) is 5.11 Å². The first kappa shape index (κ1) is 11.8. The van der Waals surface area contributed by atoms with Crippen molar-refractivity contribution in [3.05, 3.63) is 0 Å². The Morgan fingerprint density at radius 1 is 1.38 bits per heavy atom. The largest absolute Gasteiger partial charge is 0.481 e.